The molecule has 1 unspecified atom stereocenters. The molecule has 1 amide bonds. The summed E-state index contributed by atoms with van der Waals surface area (Å²) in [6, 6.07) is 16.8. The molecule has 1 atom stereocenters. The van der Waals surface area contributed by atoms with Gasteiger partial charge in [0.05, 0.1) is 5.69 Å². The number of nitrogens with one attached hydrogen (secondary N) is 2. The number of hydrogen-bond donors (Lipinski definition) is 2. The second-order valence-electron chi connectivity index (χ2n) is 13.9. The number of amides is 1. The largest absolute Gasteiger partial charge is 0.480 e. The van der Waals surface area contributed by atoms with E-state index >= 15 is 0 Å². The molecule has 0 aliphatic carbocycles. The van der Waals surface area contributed by atoms with Gasteiger partial charge in [-0.3, -0.25) is 4.79 Å². The first-order chi connectivity index (χ1) is 21.5. The number of ether oxygens (including phenoxy) is 1. The molecule has 0 saturated heterocycles. The van der Waals surface area contributed by atoms with Crippen LogP contribution in [0.5, 0.6) is 5.75 Å². The molecule has 0 aliphatic rings. The molecular formula is C38H55N5O2. The van der Waals surface area contributed by atoms with Crippen LogP contribution >= 0.6 is 0 Å². The van der Waals surface area contributed by atoms with E-state index in [-0.39, 0.29) is 16.7 Å². The zero-order valence-electron chi connectivity index (χ0n) is 28.9. The number of nitrogens with zero attached hydrogens (tertiary/aromatic N) is 3. The van der Waals surface area contributed by atoms with Gasteiger partial charge in [-0.25, -0.2) is 0 Å². The van der Waals surface area contributed by atoms with Gasteiger partial charge in [0.2, 0.25) is 0 Å². The van der Waals surface area contributed by atoms with E-state index in [4.69, 9.17) is 4.74 Å². The van der Waals surface area contributed by atoms with E-state index in [2.05, 4.69) is 99.3 Å². The van der Waals surface area contributed by atoms with Gasteiger partial charge in [-0.1, -0.05) is 92.0 Å². The van der Waals surface area contributed by atoms with Gasteiger partial charge in [-0.05, 0) is 85.6 Å². The van der Waals surface area contributed by atoms with Crippen LogP contribution in [0.25, 0.3) is 5.65 Å². The third kappa shape index (κ3) is 8.99. The summed E-state index contributed by atoms with van der Waals surface area (Å²) >= 11 is 0. The fourth-order valence-corrected chi connectivity index (χ4v) is 5.62. The summed E-state index contributed by atoms with van der Waals surface area (Å²) in [6.07, 6.45) is 9.30. The van der Waals surface area contributed by atoms with Crippen LogP contribution in [0.4, 0.5) is 5.69 Å². The lowest BCUT2D eigenvalue weighted by Crippen LogP contribution is -2.34. The fourth-order valence-electron chi connectivity index (χ4n) is 5.62. The maximum atomic E-state index is 13.7. The average molecular weight is 614 g/mol. The minimum atomic E-state index is -0.559. The molecular weight excluding hydrogens is 558 g/mol. The molecule has 7 heteroatoms. The van der Waals surface area contributed by atoms with Gasteiger partial charge in [0, 0.05) is 23.7 Å². The Kier molecular flexibility index (Phi) is 11.5. The quantitative estimate of drug-likeness (QED) is 0.116. The Hall–Kier alpha value is -3.61. The highest BCUT2D eigenvalue weighted by atomic mass is 16.5. The highest BCUT2D eigenvalue weighted by molar-refractivity contribution is 5.94. The molecule has 2 aromatic carbocycles. The first kappa shape index (κ1) is 34.3. The van der Waals surface area contributed by atoms with Crippen LogP contribution < -0.4 is 10.1 Å². The first-order valence-electron chi connectivity index (χ1n) is 17.1. The summed E-state index contributed by atoms with van der Waals surface area (Å²) in [7, 11) is 0. The van der Waals surface area contributed by atoms with Crippen LogP contribution in [-0.2, 0) is 28.5 Å². The van der Waals surface area contributed by atoms with Crippen molar-refractivity contribution in [3.63, 3.8) is 0 Å². The van der Waals surface area contributed by atoms with Crippen molar-refractivity contribution < 1.29 is 9.53 Å². The van der Waals surface area contributed by atoms with E-state index in [9.17, 15) is 4.79 Å². The van der Waals surface area contributed by atoms with Gasteiger partial charge in [-0.2, -0.15) is 5.10 Å². The molecule has 2 N–H and O–H groups in total. The van der Waals surface area contributed by atoms with Crippen molar-refractivity contribution in [3.8, 4) is 5.75 Å². The third-order valence-electron chi connectivity index (χ3n) is 9.54. The van der Waals surface area contributed by atoms with Crippen LogP contribution in [-0.4, -0.2) is 31.8 Å². The van der Waals surface area contributed by atoms with E-state index in [1.165, 1.54) is 16.7 Å². The van der Waals surface area contributed by atoms with Gasteiger partial charge in [0.1, 0.15) is 11.6 Å². The van der Waals surface area contributed by atoms with E-state index in [1.807, 2.05) is 25.1 Å². The standard InChI is InChI=1S/C38H55N5O2/c1-9-12-13-14-17-33(45-32-24-21-29(37(5,6)10-2)26-31(32)38(7,8)11-3)36(44)39-30-22-19-28(20-23-30)16-15-18-34-40-35-25-27(4)41-43(35)42-34/h19-26,33H,9-18H2,1-8H3,(H,39,44)(H,40,42). The normalized spacial score (nSPS) is 12.9. The van der Waals surface area contributed by atoms with Crippen molar-refractivity contribution in [2.24, 2.45) is 0 Å². The zero-order chi connectivity index (χ0) is 32.6. The average Bonchev–Trinajstić information content (AvgIpc) is 3.56. The van der Waals surface area contributed by atoms with Gasteiger partial charge in [0.15, 0.2) is 11.8 Å². The van der Waals surface area contributed by atoms with Crippen molar-refractivity contribution in [2.45, 2.75) is 137 Å². The Morgan fingerprint density at radius 3 is 2.29 bits per heavy atom. The molecule has 4 aromatic rings. The molecule has 0 saturated carbocycles. The van der Waals surface area contributed by atoms with E-state index in [0.29, 0.717) is 6.42 Å². The molecule has 45 heavy (non-hydrogen) atoms. The van der Waals surface area contributed by atoms with Crippen molar-refractivity contribution in [1.29, 1.82) is 0 Å². The van der Waals surface area contributed by atoms with Gasteiger partial charge >= 0.3 is 0 Å². The van der Waals surface area contributed by atoms with Crippen LogP contribution in [0.2, 0.25) is 0 Å². The summed E-state index contributed by atoms with van der Waals surface area (Å²) in [5.41, 5.74) is 6.40. The molecule has 0 aliphatic heterocycles. The summed E-state index contributed by atoms with van der Waals surface area (Å²) in [5, 5.41) is 12.0. The Morgan fingerprint density at radius 2 is 1.62 bits per heavy atom. The zero-order valence-corrected chi connectivity index (χ0v) is 28.9. The number of rotatable bonds is 17. The molecule has 0 bridgehead atoms. The Bertz CT molecular complexity index is 1500. The monoisotopic (exact) mass is 613 g/mol. The molecule has 2 heterocycles. The second kappa shape index (κ2) is 15.1. The van der Waals surface area contributed by atoms with E-state index in [0.717, 1.165) is 86.4 Å². The molecule has 7 nitrogen and oxygen atoms in total. The number of hydrogen-bond acceptors (Lipinski definition) is 4. The molecule has 0 fully saturated rings. The molecule has 2 aromatic heterocycles. The third-order valence-corrected chi connectivity index (χ3v) is 9.54. The number of anilines is 1. The summed E-state index contributed by atoms with van der Waals surface area (Å²) in [4.78, 5) is 17.1. The topological polar surface area (TPSA) is 84.3 Å². The van der Waals surface area contributed by atoms with Crippen LogP contribution in [0.1, 0.15) is 128 Å². The lowest BCUT2D eigenvalue weighted by Gasteiger charge is -2.31. The van der Waals surface area contributed by atoms with Crippen LogP contribution in [0, 0.1) is 6.92 Å². The Balaban J connectivity index is 1.43. The fraction of sp³-hybridized carbons (Fsp3) is 0.553. The van der Waals surface area contributed by atoms with Gasteiger partial charge in [0.25, 0.3) is 5.91 Å². The minimum absolute atomic E-state index is 0.0739. The number of carbonyl (C=O) groups is 1. The Morgan fingerprint density at radius 1 is 0.889 bits per heavy atom. The number of aromatic amines is 1. The number of benzene rings is 2. The highest BCUT2D eigenvalue weighted by Gasteiger charge is 2.29. The van der Waals surface area contributed by atoms with Crippen molar-refractivity contribution in [3.05, 3.63) is 76.7 Å². The maximum absolute atomic E-state index is 13.7. The van der Waals surface area contributed by atoms with Crippen LogP contribution in [0.3, 0.4) is 0 Å². The lowest BCUT2D eigenvalue weighted by molar-refractivity contribution is -0.123. The molecule has 244 valence electrons. The molecule has 0 radical (unpaired) electrons. The van der Waals surface area contributed by atoms with Crippen LogP contribution in [0.15, 0.2) is 48.5 Å². The Labute approximate surface area is 270 Å². The summed E-state index contributed by atoms with van der Waals surface area (Å²) < 4.78 is 8.33. The molecule has 0 spiro atoms. The first-order valence-corrected chi connectivity index (χ1v) is 17.1. The van der Waals surface area contributed by atoms with E-state index in [1.54, 1.807) is 4.63 Å². The van der Waals surface area contributed by atoms with Gasteiger partial charge < -0.3 is 15.0 Å². The van der Waals surface area contributed by atoms with Gasteiger partial charge in [-0.15, -0.1) is 9.73 Å². The maximum Gasteiger partial charge on any atom is 0.265 e. The summed E-state index contributed by atoms with van der Waals surface area (Å²) in [5.74, 6) is 1.68. The highest BCUT2D eigenvalue weighted by Crippen LogP contribution is 2.39. The van der Waals surface area contributed by atoms with Crippen molar-refractivity contribution in [2.75, 3.05) is 5.32 Å². The number of aromatic nitrogens is 4. The number of unbranched alkanes of at least 4 members (excludes halogenated alkanes) is 3. The SMILES string of the molecule is CCCCCCC(Oc1ccc(C(C)(C)CC)cc1C(C)(C)CC)C(=O)Nc1ccc(CCCc2nn3nc(C)cc3[nH]2)cc1. The summed E-state index contributed by atoms with van der Waals surface area (Å²) in [6.45, 7) is 17.7. The lowest BCUT2D eigenvalue weighted by atomic mass is 9.76. The predicted molar refractivity (Wildman–Crippen MR) is 185 cm³/mol. The van der Waals surface area contributed by atoms with Crippen molar-refractivity contribution >= 4 is 17.2 Å². The number of H-pyrrole nitrogens is 1. The predicted octanol–water partition coefficient (Wildman–Crippen LogP) is 9.27. The second-order valence-corrected chi connectivity index (χ2v) is 13.9. The van der Waals surface area contributed by atoms with Crippen molar-refractivity contribution in [1.82, 2.24) is 19.8 Å². The minimum Gasteiger partial charge on any atom is -0.480 e. The van der Waals surface area contributed by atoms with E-state index < -0.39 is 6.10 Å². The smallest absolute Gasteiger partial charge is 0.265 e. The number of aryl methyl sites for hydroxylation is 3. The number of fused-ring (bicyclic) bond motifs is 1. The number of carbonyl (C=O) groups excluding carboxylic acids is 1. The molecule has 4 rings (SSSR count).